The number of ether oxygens (including phenoxy) is 1. The first kappa shape index (κ1) is 13.7. The lowest BCUT2D eigenvalue weighted by Gasteiger charge is -2.10. The molecule has 0 bridgehead atoms. The zero-order chi connectivity index (χ0) is 11.6. The van der Waals surface area contributed by atoms with E-state index in [1.54, 1.807) is 0 Å². The molecule has 0 fully saturated rings. The Morgan fingerprint density at radius 3 is 2.62 bits per heavy atom. The molecule has 0 spiro atoms. The summed E-state index contributed by atoms with van der Waals surface area (Å²) in [4.78, 5) is 0. The maximum absolute atomic E-state index is 5.64. The summed E-state index contributed by atoms with van der Waals surface area (Å²) in [5.41, 5.74) is 1.26. The van der Waals surface area contributed by atoms with Gasteiger partial charge in [-0.1, -0.05) is 59.6 Å². The fourth-order valence-corrected chi connectivity index (χ4v) is 2.41. The van der Waals surface area contributed by atoms with Crippen molar-refractivity contribution in [2.45, 2.75) is 32.8 Å². The third-order valence-electron chi connectivity index (χ3n) is 2.81. The van der Waals surface area contributed by atoms with Crippen molar-refractivity contribution in [2.24, 2.45) is 5.92 Å². The van der Waals surface area contributed by atoms with Crippen molar-refractivity contribution >= 4 is 15.9 Å². The average molecular weight is 285 g/mol. The third-order valence-corrected chi connectivity index (χ3v) is 3.72. The van der Waals surface area contributed by atoms with Gasteiger partial charge in [-0.15, -0.1) is 0 Å². The molecule has 0 aliphatic rings. The molecule has 1 aromatic rings. The second-order valence-corrected chi connectivity index (χ2v) is 4.76. The van der Waals surface area contributed by atoms with Crippen LogP contribution in [0.1, 0.15) is 31.7 Å². The van der Waals surface area contributed by atoms with Gasteiger partial charge >= 0.3 is 0 Å². The van der Waals surface area contributed by atoms with Crippen molar-refractivity contribution in [3.05, 3.63) is 35.9 Å². The van der Waals surface area contributed by atoms with Crippen LogP contribution in [0.4, 0.5) is 0 Å². The number of hydrogen-bond acceptors (Lipinski definition) is 1. The summed E-state index contributed by atoms with van der Waals surface area (Å²) in [5, 5.41) is 1.11. The Bertz CT molecular complexity index is 257. The Morgan fingerprint density at radius 2 is 2.00 bits per heavy atom. The van der Waals surface area contributed by atoms with Crippen molar-refractivity contribution < 1.29 is 4.74 Å². The Balaban J connectivity index is 2.04. The molecule has 90 valence electrons. The van der Waals surface area contributed by atoms with Crippen LogP contribution in [-0.2, 0) is 11.3 Å². The highest BCUT2D eigenvalue weighted by Gasteiger charge is 2.03. The fraction of sp³-hybridized carbons (Fsp3) is 0.571. The second kappa shape index (κ2) is 8.77. The smallest absolute Gasteiger partial charge is 0.0716 e. The summed E-state index contributed by atoms with van der Waals surface area (Å²) < 4.78 is 5.64. The zero-order valence-corrected chi connectivity index (χ0v) is 11.6. The molecule has 1 unspecified atom stereocenters. The molecule has 0 saturated carbocycles. The highest BCUT2D eigenvalue weighted by molar-refractivity contribution is 9.09. The van der Waals surface area contributed by atoms with Crippen molar-refractivity contribution in [3.63, 3.8) is 0 Å². The molecule has 0 amide bonds. The lowest BCUT2D eigenvalue weighted by atomic mass is 10.0. The van der Waals surface area contributed by atoms with Crippen LogP contribution in [0.15, 0.2) is 30.3 Å². The second-order valence-electron chi connectivity index (χ2n) is 4.11. The normalized spacial score (nSPS) is 12.6. The van der Waals surface area contributed by atoms with Crippen LogP contribution < -0.4 is 0 Å². The summed E-state index contributed by atoms with van der Waals surface area (Å²) in [6.07, 6.45) is 3.68. The van der Waals surface area contributed by atoms with E-state index in [0.717, 1.165) is 30.9 Å². The zero-order valence-electron chi connectivity index (χ0n) is 9.99. The Morgan fingerprint density at radius 1 is 1.25 bits per heavy atom. The fourth-order valence-electron chi connectivity index (χ4n) is 1.63. The molecule has 0 radical (unpaired) electrons. The number of hydrogen-bond donors (Lipinski definition) is 0. The Labute approximate surface area is 107 Å². The molecule has 0 aromatic heterocycles. The third kappa shape index (κ3) is 5.66. The molecule has 0 saturated heterocycles. The van der Waals surface area contributed by atoms with Gasteiger partial charge < -0.3 is 4.74 Å². The molecule has 1 nitrogen and oxygen atoms in total. The molecule has 1 aromatic carbocycles. The van der Waals surface area contributed by atoms with Crippen LogP contribution in [0.3, 0.4) is 0 Å². The highest BCUT2D eigenvalue weighted by atomic mass is 79.9. The maximum Gasteiger partial charge on any atom is 0.0716 e. The lowest BCUT2D eigenvalue weighted by molar-refractivity contribution is 0.114. The van der Waals surface area contributed by atoms with Gasteiger partial charge in [-0.3, -0.25) is 0 Å². The molecular formula is C14H21BrO. The van der Waals surface area contributed by atoms with Gasteiger partial charge in [-0.05, 0) is 24.3 Å². The highest BCUT2D eigenvalue weighted by Crippen LogP contribution is 2.13. The van der Waals surface area contributed by atoms with Gasteiger partial charge in [0, 0.05) is 11.9 Å². The number of rotatable bonds is 8. The molecular weight excluding hydrogens is 264 g/mol. The van der Waals surface area contributed by atoms with Gasteiger partial charge in [0.1, 0.15) is 0 Å². The van der Waals surface area contributed by atoms with E-state index in [0.29, 0.717) is 0 Å². The van der Waals surface area contributed by atoms with E-state index in [9.17, 15) is 0 Å². The van der Waals surface area contributed by atoms with Crippen LogP contribution in [0.2, 0.25) is 0 Å². The molecule has 16 heavy (non-hydrogen) atoms. The quantitative estimate of drug-likeness (QED) is 0.508. The molecule has 1 atom stereocenters. The standard InChI is InChI=1S/C14H21BrO/c1-2-13(11-15)9-6-10-16-12-14-7-4-3-5-8-14/h3-5,7-8,13H,2,6,9-12H2,1H3. The van der Waals surface area contributed by atoms with Crippen LogP contribution in [-0.4, -0.2) is 11.9 Å². The predicted molar refractivity (Wildman–Crippen MR) is 72.9 cm³/mol. The van der Waals surface area contributed by atoms with Crippen molar-refractivity contribution in [1.29, 1.82) is 0 Å². The van der Waals surface area contributed by atoms with Gasteiger partial charge in [0.15, 0.2) is 0 Å². The minimum atomic E-state index is 0.742. The minimum absolute atomic E-state index is 0.742. The SMILES string of the molecule is CCC(CBr)CCCOCc1ccccc1. The van der Waals surface area contributed by atoms with Crippen LogP contribution >= 0.6 is 15.9 Å². The summed E-state index contributed by atoms with van der Waals surface area (Å²) in [5.74, 6) is 0.806. The topological polar surface area (TPSA) is 9.23 Å². The van der Waals surface area contributed by atoms with Crippen molar-refractivity contribution in [2.75, 3.05) is 11.9 Å². The Kier molecular flexibility index (Phi) is 7.52. The molecule has 0 aliphatic heterocycles. The van der Waals surface area contributed by atoms with Gasteiger partial charge in [-0.25, -0.2) is 0 Å². The lowest BCUT2D eigenvalue weighted by Crippen LogP contribution is -2.03. The first-order valence-electron chi connectivity index (χ1n) is 6.04. The van der Waals surface area contributed by atoms with E-state index in [2.05, 4.69) is 47.1 Å². The van der Waals surface area contributed by atoms with Gasteiger partial charge in [-0.2, -0.15) is 0 Å². The molecule has 0 aliphatic carbocycles. The van der Waals surface area contributed by atoms with E-state index in [-0.39, 0.29) is 0 Å². The number of halogens is 1. The van der Waals surface area contributed by atoms with E-state index in [1.165, 1.54) is 18.4 Å². The van der Waals surface area contributed by atoms with Crippen LogP contribution in [0, 0.1) is 5.92 Å². The molecule has 2 heteroatoms. The summed E-state index contributed by atoms with van der Waals surface area (Å²) in [6.45, 7) is 3.86. The van der Waals surface area contributed by atoms with Crippen molar-refractivity contribution in [3.8, 4) is 0 Å². The molecule has 1 rings (SSSR count). The van der Waals surface area contributed by atoms with Crippen LogP contribution in [0.5, 0.6) is 0 Å². The van der Waals surface area contributed by atoms with E-state index < -0.39 is 0 Å². The summed E-state index contributed by atoms with van der Waals surface area (Å²) in [7, 11) is 0. The molecule has 0 heterocycles. The predicted octanol–water partition coefficient (Wildman–Crippen LogP) is 4.40. The number of benzene rings is 1. The van der Waals surface area contributed by atoms with E-state index >= 15 is 0 Å². The largest absolute Gasteiger partial charge is 0.377 e. The summed E-state index contributed by atoms with van der Waals surface area (Å²) in [6, 6.07) is 10.3. The maximum atomic E-state index is 5.64. The van der Waals surface area contributed by atoms with Gasteiger partial charge in [0.2, 0.25) is 0 Å². The van der Waals surface area contributed by atoms with Gasteiger partial charge in [0.25, 0.3) is 0 Å². The summed E-state index contributed by atoms with van der Waals surface area (Å²) >= 11 is 3.54. The Hall–Kier alpha value is -0.340. The number of alkyl halides is 1. The first-order valence-corrected chi connectivity index (χ1v) is 7.16. The van der Waals surface area contributed by atoms with E-state index in [1.807, 2.05) is 6.07 Å². The average Bonchev–Trinajstić information content (AvgIpc) is 2.35. The minimum Gasteiger partial charge on any atom is -0.377 e. The van der Waals surface area contributed by atoms with Gasteiger partial charge in [0.05, 0.1) is 6.61 Å². The van der Waals surface area contributed by atoms with E-state index in [4.69, 9.17) is 4.74 Å². The first-order chi connectivity index (χ1) is 7.86. The molecule has 0 N–H and O–H groups in total. The van der Waals surface area contributed by atoms with Crippen molar-refractivity contribution in [1.82, 2.24) is 0 Å². The van der Waals surface area contributed by atoms with Crippen LogP contribution in [0.25, 0.3) is 0 Å². The monoisotopic (exact) mass is 284 g/mol.